The molecule has 4 heteroatoms. The smallest absolute Gasteiger partial charge is 0.305 e. The molecule has 0 saturated carbocycles. The van der Waals surface area contributed by atoms with Crippen LogP contribution in [0.25, 0.3) is 0 Å². The van der Waals surface area contributed by atoms with Gasteiger partial charge in [0.15, 0.2) is 0 Å². The zero-order chi connectivity index (χ0) is 14.2. The fourth-order valence-electron chi connectivity index (χ4n) is 2.44. The van der Waals surface area contributed by atoms with Crippen LogP contribution in [-0.2, 0) is 16.0 Å². The summed E-state index contributed by atoms with van der Waals surface area (Å²) in [6.45, 7) is 3.00. The van der Waals surface area contributed by atoms with Crippen molar-refractivity contribution >= 4 is 5.97 Å². The third-order valence-electron chi connectivity index (χ3n) is 3.70. The molecule has 1 aromatic carbocycles. The summed E-state index contributed by atoms with van der Waals surface area (Å²) in [6.07, 6.45) is 3.45. The second kappa shape index (κ2) is 7.90. The van der Waals surface area contributed by atoms with Gasteiger partial charge in [0.05, 0.1) is 13.7 Å². The van der Waals surface area contributed by atoms with Crippen molar-refractivity contribution in [1.29, 1.82) is 0 Å². The number of hydrogen-bond donors (Lipinski definition) is 1. The predicted molar refractivity (Wildman–Crippen MR) is 77.9 cm³/mol. The SMILES string of the molecule is COC(=O)CCc1cccc(OCCC2CCNC2)c1. The maximum Gasteiger partial charge on any atom is 0.305 e. The highest BCUT2D eigenvalue weighted by Crippen LogP contribution is 2.17. The lowest BCUT2D eigenvalue weighted by Crippen LogP contribution is -2.11. The van der Waals surface area contributed by atoms with Gasteiger partial charge in [-0.05, 0) is 56.0 Å². The lowest BCUT2D eigenvalue weighted by molar-refractivity contribution is -0.140. The summed E-state index contributed by atoms with van der Waals surface area (Å²) in [4.78, 5) is 11.1. The van der Waals surface area contributed by atoms with Crippen LogP contribution in [-0.4, -0.2) is 32.8 Å². The number of rotatable bonds is 7. The Balaban J connectivity index is 1.75. The second-order valence-electron chi connectivity index (χ2n) is 5.22. The molecule has 1 heterocycles. The number of methoxy groups -OCH3 is 1. The van der Waals surface area contributed by atoms with E-state index in [9.17, 15) is 4.79 Å². The van der Waals surface area contributed by atoms with E-state index in [1.807, 2.05) is 24.3 Å². The van der Waals surface area contributed by atoms with Gasteiger partial charge in [-0.15, -0.1) is 0 Å². The van der Waals surface area contributed by atoms with Gasteiger partial charge < -0.3 is 14.8 Å². The van der Waals surface area contributed by atoms with Gasteiger partial charge in [-0.2, -0.15) is 0 Å². The molecular formula is C16H23NO3. The first kappa shape index (κ1) is 14.9. The molecule has 2 rings (SSSR count). The van der Waals surface area contributed by atoms with Crippen molar-refractivity contribution in [3.63, 3.8) is 0 Å². The molecule has 0 amide bonds. The van der Waals surface area contributed by atoms with E-state index in [0.29, 0.717) is 12.8 Å². The maximum atomic E-state index is 11.1. The summed E-state index contributed by atoms with van der Waals surface area (Å²) in [5.41, 5.74) is 1.11. The fourth-order valence-corrected chi connectivity index (χ4v) is 2.44. The van der Waals surface area contributed by atoms with E-state index in [4.69, 9.17) is 4.74 Å². The zero-order valence-electron chi connectivity index (χ0n) is 12.1. The van der Waals surface area contributed by atoms with Gasteiger partial charge in [0.1, 0.15) is 5.75 Å². The molecule has 1 N–H and O–H groups in total. The molecule has 110 valence electrons. The van der Waals surface area contributed by atoms with Crippen LogP contribution in [0.1, 0.15) is 24.8 Å². The number of carbonyl (C=O) groups excluding carboxylic acids is 1. The first-order valence-electron chi connectivity index (χ1n) is 7.27. The quantitative estimate of drug-likeness (QED) is 0.776. The van der Waals surface area contributed by atoms with E-state index in [2.05, 4.69) is 10.1 Å². The van der Waals surface area contributed by atoms with Gasteiger partial charge in [0.2, 0.25) is 0 Å². The van der Waals surface area contributed by atoms with Gasteiger partial charge >= 0.3 is 5.97 Å². The van der Waals surface area contributed by atoms with E-state index in [1.165, 1.54) is 13.5 Å². The van der Waals surface area contributed by atoms with Crippen LogP contribution in [0.15, 0.2) is 24.3 Å². The third-order valence-corrected chi connectivity index (χ3v) is 3.70. The number of aryl methyl sites for hydroxylation is 1. The Hall–Kier alpha value is -1.55. The molecule has 1 unspecified atom stereocenters. The Morgan fingerprint density at radius 3 is 3.10 bits per heavy atom. The Bertz CT molecular complexity index is 427. The summed E-state index contributed by atoms with van der Waals surface area (Å²) >= 11 is 0. The van der Waals surface area contributed by atoms with Gasteiger partial charge in [-0.25, -0.2) is 0 Å². The second-order valence-corrected chi connectivity index (χ2v) is 5.22. The van der Waals surface area contributed by atoms with Gasteiger partial charge in [0.25, 0.3) is 0 Å². The minimum atomic E-state index is -0.176. The Labute approximate surface area is 120 Å². The molecule has 0 aromatic heterocycles. The van der Waals surface area contributed by atoms with Crippen molar-refractivity contribution in [2.45, 2.75) is 25.7 Å². The molecule has 0 spiro atoms. The number of esters is 1. The van der Waals surface area contributed by atoms with Crippen molar-refractivity contribution in [3.05, 3.63) is 29.8 Å². The molecule has 1 aliphatic rings. The van der Waals surface area contributed by atoms with Crippen LogP contribution < -0.4 is 10.1 Å². The topological polar surface area (TPSA) is 47.6 Å². The number of carbonyl (C=O) groups is 1. The van der Waals surface area contributed by atoms with E-state index in [1.54, 1.807) is 0 Å². The Morgan fingerprint density at radius 2 is 2.35 bits per heavy atom. The molecular weight excluding hydrogens is 254 g/mol. The van der Waals surface area contributed by atoms with E-state index < -0.39 is 0 Å². The summed E-state index contributed by atoms with van der Waals surface area (Å²) in [5, 5.41) is 3.36. The highest BCUT2D eigenvalue weighted by Gasteiger charge is 2.13. The molecule has 0 radical (unpaired) electrons. The average molecular weight is 277 g/mol. The van der Waals surface area contributed by atoms with E-state index in [0.717, 1.165) is 43.3 Å². The van der Waals surface area contributed by atoms with Crippen LogP contribution in [0, 0.1) is 5.92 Å². The van der Waals surface area contributed by atoms with Gasteiger partial charge in [-0.3, -0.25) is 4.79 Å². The molecule has 1 atom stereocenters. The molecule has 1 saturated heterocycles. The molecule has 0 aliphatic carbocycles. The minimum absolute atomic E-state index is 0.176. The van der Waals surface area contributed by atoms with Crippen LogP contribution in [0.5, 0.6) is 5.75 Å². The average Bonchev–Trinajstić information content (AvgIpc) is 2.98. The van der Waals surface area contributed by atoms with E-state index in [-0.39, 0.29) is 5.97 Å². The van der Waals surface area contributed by atoms with Crippen molar-refractivity contribution < 1.29 is 14.3 Å². The van der Waals surface area contributed by atoms with Crippen molar-refractivity contribution in [1.82, 2.24) is 5.32 Å². The molecule has 1 fully saturated rings. The summed E-state index contributed by atoms with van der Waals surface area (Å²) in [6, 6.07) is 7.96. The Morgan fingerprint density at radius 1 is 1.45 bits per heavy atom. The van der Waals surface area contributed by atoms with Crippen molar-refractivity contribution in [3.8, 4) is 5.75 Å². The number of hydrogen-bond acceptors (Lipinski definition) is 4. The lowest BCUT2D eigenvalue weighted by atomic mass is 10.1. The highest BCUT2D eigenvalue weighted by molar-refractivity contribution is 5.69. The highest BCUT2D eigenvalue weighted by atomic mass is 16.5. The van der Waals surface area contributed by atoms with Crippen molar-refractivity contribution in [2.24, 2.45) is 5.92 Å². The number of benzene rings is 1. The largest absolute Gasteiger partial charge is 0.494 e. The number of nitrogens with one attached hydrogen (secondary N) is 1. The Kier molecular flexibility index (Phi) is 5.87. The zero-order valence-corrected chi connectivity index (χ0v) is 12.1. The van der Waals surface area contributed by atoms with Crippen LogP contribution >= 0.6 is 0 Å². The fraction of sp³-hybridized carbons (Fsp3) is 0.562. The molecule has 20 heavy (non-hydrogen) atoms. The predicted octanol–water partition coefficient (Wildman–Crippen LogP) is 2.17. The van der Waals surface area contributed by atoms with E-state index >= 15 is 0 Å². The van der Waals surface area contributed by atoms with Gasteiger partial charge in [-0.1, -0.05) is 12.1 Å². The summed E-state index contributed by atoms with van der Waals surface area (Å²) < 4.78 is 10.4. The standard InChI is InChI=1S/C16H23NO3/c1-19-16(18)6-5-13-3-2-4-15(11-13)20-10-8-14-7-9-17-12-14/h2-4,11,14,17H,5-10,12H2,1H3. The van der Waals surface area contributed by atoms with Crippen LogP contribution in [0.2, 0.25) is 0 Å². The summed E-state index contributed by atoms with van der Waals surface area (Å²) in [5.74, 6) is 1.46. The van der Waals surface area contributed by atoms with Gasteiger partial charge in [0, 0.05) is 6.42 Å². The van der Waals surface area contributed by atoms with Crippen LogP contribution in [0.4, 0.5) is 0 Å². The normalized spacial score (nSPS) is 17.9. The molecule has 4 nitrogen and oxygen atoms in total. The molecule has 1 aliphatic heterocycles. The monoisotopic (exact) mass is 277 g/mol. The third kappa shape index (κ3) is 4.85. The molecule has 1 aromatic rings. The van der Waals surface area contributed by atoms with Crippen molar-refractivity contribution in [2.75, 3.05) is 26.8 Å². The summed E-state index contributed by atoms with van der Waals surface area (Å²) in [7, 11) is 1.42. The lowest BCUT2D eigenvalue weighted by Gasteiger charge is -2.11. The minimum Gasteiger partial charge on any atom is -0.494 e. The van der Waals surface area contributed by atoms with Crippen LogP contribution in [0.3, 0.4) is 0 Å². The maximum absolute atomic E-state index is 11.1. The number of ether oxygens (including phenoxy) is 2. The first-order valence-corrected chi connectivity index (χ1v) is 7.27. The molecule has 0 bridgehead atoms. The first-order chi connectivity index (χ1) is 9.78.